The third kappa shape index (κ3) is 5.73. The molecule has 0 atom stereocenters. The molecule has 0 aromatic heterocycles. The molecule has 0 saturated heterocycles. The standard InChI is InChI=1S/C28H36N4O3/c1-4-5-8-13-29-27(34)18-31(25-15-24-21(14-20(25)2)11-12-26(24)33)19-28(35)30(3)32-16-22-9-6-7-10-23(22)17-32/h6-7,9-10,14-15H,4-5,8,11-13,16-19H2,1-3H3,(H,29,34). The first-order valence-electron chi connectivity index (χ1n) is 12.6. The Balaban J connectivity index is 1.50. The average molecular weight is 477 g/mol. The van der Waals surface area contributed by atoms with Crippen LogP contribution in [0.25, 0.3) is 0 Å². The number of fused-ring (bicyclic) bond motifs is 2. The van der Waals surface area contributed by atoms with Crippen LogP contribution in [0.5, 0.6) is 0 Å². The number of unbranched alkanes of at least 4 members (excludes halogenated alkanes) is 2. The molecule has 7 heteroatoms. The van der Waals surface area contributed by atoms with Gasteiger partial charge in [0.25, 0.3) is 5.91 Å². The molecule has 2 aromatic carbocycles. The van der Waals surface area contributed by atoms with Crippen LogP contribution in [0.15, 0.2) is 36.4 Å². The SMILES string of the molecule is CCCCCNC(=O)CN(CC(=O)N(C)N1Cc2ccccc2C1)c1cc2c(cc1C)CCC2=O. The van der Waals surface area contributed by atoms with E-state index < -0.39 is 0 Å². The zero-order valence-corrected chi connectivity index (χ0v) is 21.1. The minimum absolute atomic E-state index is 0.0551. The van der Waals surface area contributed by atoms with Crippen molar-refractivity contribution >= 4 is 23.3 Å². The highest BCUT2D eigenvalue weighted by Crippen LogP contribution is 2.31. The number of anilines is 1. The lowest BCUT2D eigenvalue weighted by molar-refractivity contribution is -0.145. The first kappa shape index (κ1) is 24.9. The summed E-state index contributed by atoms with van der Waals surface area (Å²) in [6.45, 7) is 6.23. The Bertz CT molecular complexity index is 1090. The molecule has 0 spiro atoms. The minimum Gasteiger partial charge on any atom is -0.355 e. The maximum atomic E-state index is 13.4. The molecule has 0 saturated carbocycles. The third-order valence-corrected chi connectivity index (χ3v) is 7.06. The number of benzene rings is 2. The number of hydrazine groups is 1. The van der Waals surface area contributed by atoms with Crippen molar-refractivity contribution in [1.29, 1.82) is 0 Å². The molecule has 0 fully saturated rings. The van der Waals surface area contributed by atoms with E-state index in [9.17, 15) is 14.4 Å². The van der Waals surface area contributed by atoms with E-state index in [4.69, 9.17) is 0 Å². The number of nitrogens with one attached hydrogen (secondary N) is 1. The largest absolute Gasteiger partial charge is 0.355 e. The lowest BCUT2D eigenvalue weighted by Crippen LogP contribution is -2.48. The fourth-order valence-corrected chi connectivity index (χ4v) is 4.96. The highest BCUT2D eigenvalue weighted by molar-refractivity contribution is 6.01. The van der Waals surface area contributed by atoms with Gasteiger partial charge in [0.1, 0.15) is 0 Å². The van der Waals surface area contributed by atoms with Gasteiger partial charge in [0, 0.05) is 44.4 Å². The second kappa shape index (κ2) is 11.0. The Hall–Kier alpha value is -3.19. The van der Waals surface area contributed by atoms with Crippen LogP contribution in [0.4, 0.5) is 5.69 Å². The van der Waals surface area contributed by atoms with Gasteiger partial charge in [-0.25, -0.2) is 5.01 Å². The number of likely N-dealkylation sites (N-methyl/N-ethyl adjacent to an activating group) is 1. The van der Waals surface area contributed by atoms with Crippen LogP contribution in [-0.2, 0) is 29.1 Å². The van der Waals surface area contributed by atoms with E-state index in [-0.39, 0.29) is 30.7 Å². The minimum atomic E-state index is -0.114. The Morgan fingerprint density at radius 2 is 1.71 bits per heavy atom. The number of hydrogen-bond donors (Lipinski definition) is 1. The molecule has 0 bridgehead atoms. The number of amides is 2. The average Bonchev–Trinajstić information content (AvgIpc) is 3.43. The van der Waals surface area contributed by atoms with Crippen molar-refractivity contribution in [2.24, 2.45) is 0 Å². The van der Waals surface area contributed by atoms with Crippen LogP contribution < -0.4 is 10.2 Å². The molecule has 1 N–H and O–H groups in total. The molecule has 0 unspecified atom stereocenters. The number of hydrogen-bond acceptors (Lipinski definition) is 5. The molecular weight excluding hydrogens is 440 g/mol. The Labute approximate surface area is 208 Å². The van der Waals surface area contributed by atoms with Crippen LogP contribution >= 0.6 is 0 Å². The lowest BCUT2D eigenvalue weighted by Gasteiger charge is -2.32. The summed E-state index contributed by atoms with van der Waals surface area (Å²) in [6, 6.07) is 12.1. The van der Waals surface area contributed by atoms with Gasteiger partial charge in [-0.2, -0.15) is 0 Å². The number of aryl methyl sites for hydroxylation is 2. The molecule has 1 heterocycles. The van der Waals surface area contributed by atoms with Crippen molar-refractivity contribution < 1.29 is 14.4 Å². The topological polar surface area (TPSA) is 73.0 Å². The van der Waals surface area contributed by atoms with Crippen molar-refractivity contribution in [3.63, 3.8) is 0 Å². The molecule has 2 aliphatic rings. The summed E-state index contributed by atoms with van der Waals surface area (Å²) < 4.78 is 0. The maximum Gasteiger partial charge on any atom is 0.256 e. The van der Waals surface area contributed by atoms with Gasteiger partial charge in [0.2, 0.25) is 5.91 Å². The predicted molar refractivity (Wildman–Crippen MR) is 137 cm³/mol. The van der Waals surface area contributed by atoms with Gasteiger partial charge >= 0.3 is 0 Å². The quantitative estimate of drug-likeness (QED) is 0.530. The van der Waals surface area contributed by atoms with Crippen LogP contribution in [0, 0.1) is 6.92 Å². The molecule has 2 amide bonds. The maximum absolute atomic E-state index is 13.4. The number of Topliss-reactive ketones (excluding diaryl/α,β-unsaturated/α-hetero) is 1. The third-order valence-electron chi connectivity index (χ3n) is 7.06. The molecule has 186 valence electrons. The first-order valence-corrected chi connectivity index (χ1v) is 12.6. The summed E-state index contributed by atoms with van der Waals surface area (Å²) in [4.78, 5) is 40.4. The molecule has 2 aromatic rings. The van der Waals surface area contributed by atoms with Gasteiger partial charge in [-0.3, -0.25) is 19.4 Å². The van der Waals surface area contributed by atoms with E-state index in [1.807, 2.05) is 41.1 Å². The van der Waals surface area contributed by atoms with Crippen molar-refractivity contribution in [3.8, 4) is 0 Å². The molecule has 7 nitrogen and oxygen atoms in total. The van der Waals surface area contributed by atoms with Crippen molar-refractivity contribution in [3.05, 3.63) is 64.2 Å². The smallest absolute Gasteiger partial charge is 0.256 e. The summed E-state index contributed by atoms with van der Waals surface area (Å²) in [5.41, 5.74) is 5.97. The van der Waals surface area contributed by atoms with Gasteiger partial charge in [-0.1, -0.05) is 50.1 Å². The lowest BCUT2D eigenvalue weighted by atomic mass is 10.0. The van der Waals surface area contributed by atoms with E-state index in [0.29, 0.717) is 26.1 Å². The van der Waals surface area contributed by atoms with Gasteiger partial charge in [0.05, 0.1) is 13.1 Å². The summed E-state index contributed by atoms with van der Waals surface area (Å²) in [5, 5.41) is 6.67. The fourth-order valence-electron chi connectivity index (χ4n) is 4.96. The van der Waals surface area contributed by atoms with E-state index in [0.717, 1.165) is 48.1 Å². The molecule has 4 rings (SSSR count). The number of ketones is 1. The zero-order valence-electron chi connectivity index (χ0n) is 21.1. The number of nitrogens with zero attached hydrogens (tertiary/aromatic N) is 3. The number of carbonyl (C=O) groups excluding carboxylic acids is 3. The van der Waals surface area contributed by atoms with E-state index in [1.54, 1.807) is 12.1 Å². The highest BCUT2D eigenvalue weighted by atomic mass is 16.2. The molecule has 0 radical (unpaired) electrons. The summed E-state index contributed by atoms with van der Waals surface area (Å²) in [6.07, 6.45) is 4.37. The van der Waals surface area contributed by atoms with Crippen molar-refractivity contribution in [2.75, 3.05) is 31.6 Å². The number of rotatable bonds is 10. The van der Waals surface area contributed by atoms with Crippen LogP contribution in [0.3, 0.4) is 0 Å². The summed E-state index contributed by atoms with van der Waals surface area (Å²) in [5.74, 6) is -0.0809. The Morgan fingerprint density at radius 1 is 1.00 bits per heavy atom. The fraction of sp³-hybridized carbons (Fsp3) is 0.464. The first-order chi connectivity index (χ1) is 16.9. The summed E-state index contributed by atoms with van der Waals surface area (Å²) >= 11 is 0. The summed E-state index contributed by atoms with van der Waals surface area (Å²) in [7, 11) is 1.79. The highest BCUT2D eigenvalue weighted by Gasteiger charge is 2.28. The predicted octanol–water partition coefficient (Wildman–Crippen LogP) is 3.63. The van der Waals surface area contributed by atoms with Gasteiger partial charge in [0.15, 0.2) is 5.78 Å². The van der Waals surface area contributed by atoms with Gasteiger partial charge < -0.3 is 10.2 Å². The van der Waals surface area contributed by atoms with Crippen LogP contribution in [0.2, 0.25) is 0 Å². The monoisotopic (exact) mass is 476 g/mol. The molecule has 1 aliphatic heterocycles. The van der Waals surface area contributed by atoms with Crippen molar-refractivity contribution in [2.45, 2.75) is 59.0 Å². The van der Waals surface area contributed by atoms with E-state index in [2.05, 4.69) is 24.4 Å². The van der Waals surface area contributed by atoms with Gasteiger partial charge in [-0.15, -0.1) is 0 Å². The Kier molecular flexibility index (Phi) is 7.86. The molecule has 35 heavy (non-hydrogen) atoms. The van der Waals surface area contributed by atoms with Crippen LogP contribution in [-0.4, -0.2) is 54.3 Å². The number of carbonyl (C=O) groups is 3. The molecule has 1 aliphatic carbocycles. The van der Waals surface area contributed by atoms with E-state index in [1.165, 1.54) is 11.1 Å². The van der Waals surface area contributed by atoms with Gasteiger partial charge in [-0.05, 0) is 48.1 Å². The zero-order chi connectivity index (χ0) is 24.9. The van der Waals surface area contributed by atoms with E-state index >= 15 is 0 Å². The normalized spacial score (nSPS) is 14.5. The Morgan fingerprint density at radius 3 is 2.40 bits per heavy atom. The second-order valence-corrected chi connectivity index (χ2v) is 9.64. The van der Waals surface area contributed by atoms with Crippen LogP contribution in [0.1, 0.15) is 65.2 Å². The van der Waals surface area contributed by atoms with Crippen molar-refractivity contribution in [1.82, 2.24) is 15.3 Å². The molecular formula is C28H36N4O3. The second-order valence-electron chi connectivity index (χ2n) is 9.64.